The molecule has 116 valence electrons. The topological polar surface area (TPSA) is 68.2 Å². The molecule has 1 heterocycles. The minimum atomic E-state index is 0.232. The summed E-state index contributed by atoms with van der Waals surface area (Å²) in [6.45, 7) is 0. The van der Waals surface area contributed by atoms with E-state index in [2.05, 4.69) is 10.1 Å². The quantitative estimate of drug-likeness (QED) is 0.321. The van der Waals surface area contributed by atoms with Crippen molar-refractivity contribution in [1.29, 1.82) is 0 Å². The van der Waals surface area contributed by atoms with Gasteiger partial charge in [-0.25, -0.2) is 0 Å². The number of rotatable bonds is 4. The Labute approximate surface area is 133 Å². The number of benzene rings is 2. The standard InChI is InChI=1S/C17H16N4O2/c1-20(2)14-8-10-15(11-9-14)21(22)12-16-18-17(23-19-16)13-6-4-3-5-7-13/h3-12H,1-2H3/b21-12-. The van der Waals surface area contributed by atoms with Gasteiger partial charge in [-0.1, -0.05) is 23.4 Å². The van der Waals surface area contributed by atoms with Crippen LogP contribution in [0.15, 0.2) is 59.1 Å². The second kappa shape index (κ2) is 6.31. The Morgan fingerprint density at radius 2 is 1.74 bits per heavy atom. The van der Waals surface area contributed by atoms with Gasteiger partial charge in [0, 0.05) is 37.5 Å². The summed E-state index contributed by atoms with van der Waals surface area (Å²) in [5.74, 6) is 0.615. The van der Waals surface area contributed by atoms with Crippen molar-refractivity contribution in [3.05, 3.63) is 65.6 Å². The van der Waals surface area contributed by atoms with Crippen LogP contribution in [0.1, 0.15) is 5.82 Å². The van der Waals surface area contributed by atoms with Crippen molar-refractivity contribution >= 4 is 17.6 Å². The number of nitrogens with zero attached hydrogens (tertiary/aromatic N) is 4. The lowest BCUT2D eigenvalue weighted by Crippen LogP contribution is -2.08. The predicted molar refractivity (Wildman–Crippen MR) is 89.0 cm³/mol. The highest BCUT2D eigenvalue weighted by Crippen LogP contribution is 2.18. The van der Waals surface area contributed by atoms with E-state index in [4.69, 9.17) is 4.52 Å². The minimum absolute atomic E-state index is 0.232. The molecule has 0 unspecified atom stereocenters. The summed E-state index contributed by atoms with van der Waals surface area (Å²) in [5, 5.41) is 16.0. The molecule has 6 nitrogen and oxygen atoms in total. The van der Waals surface area contributed by atoms with Gasteiger partial charge >= 0.3 is 0 Å². The van der Waals surface area contributed by atoms with Gasteiger partial charge in [0.05, 0.1) is 0 Å². The molecule has 1 aromatic heterocycles. The molecule has 23 heavy (non-hydrogen) atoms. The van der Waals surface area contributed by atoms with Gasteiger partial charge in [0.15, 0.2) is 0 Å². The van der Waals surface area contributed by atoms with Crippen LogP contribution < -0.4 is 4.90 Å². The molecule has 0 spiro atoms. The predicted octanol–water partition coefficient (Wildman–Crippen LogP) is 3.06. The molecule has 0 saturated carbocycles. The SMILES string of the molecule is CN(C)c1ccc(/[N+]([O-])=C/c2noc(-c3ccccc3)n2)cc1. The third kappa shape index (κ3) is 3.37. The first-order chi connectivity index (χ1) is 11.1. The molecule has 3 aromatic rings. The summed E-state index contributed by atoms with van der Waals surface area (Å²) in [6, 6.07) is 16.7. The Bertz CT molecular complexity index is 808. The molecule has 0 N–H and O–H groups in total. The summed E-state index contributed by atoms with van der Waals surface area (Å²) >= 11 is 0. The Balaban J connectivity index is 1.82. The van der Waals surface area contributed by atoms with Crippen LogP contribution in [0.3, 0.4) is 0 Å². The molecule has 0 aliphatic carbocycles. The van der Waals surface area contributed by atoms with Crippen LogP contribution >= 0.6 is 0 Å². The van der Waals surface area contributed by atoms with Crippen LogP contribution in [0.5, 0.6) is 0 Å². The number of aromatic nitrogens is 2. The first-order valence-electron chi connectivity index (χ1n) is 7.11. The van der Waals surface area contributed by atoms with Crippen molar-refractivity contribution in [3.8, 4) is 11.5 Å². The van der Waals surface area contributed by atoms with E-state index in [9.17, 15) is 5.21 Å². The van der Waals surface area contributed by atoms with Gasteiger partial charge in [0.25, 0.3) is 11.7 Å². The molecule has 6 heteroatoms. The van der Waals surface area contributed by atoms with Crippen LogP contribution in [-0.2, 0) is 0 Å². The van der Waals surface area contributed by atoms with Gasteiger partial charge in [0.1, 0.15) is 0 Å². The monoisotopic (exact) mass is 308 g/mol. The number of hydrogen-bond acceptors (Lipinski definition) is 5. The minimum Gasteiger partial charge on any atom is -0.618 e. The molecule has 0 atom stereocenters. The molecular formula is C17H16N4O2. The van der Waals surface area contributed by atoms with E-state index >= 15 is 0 Å². The van der Waals surface area contributed by atoms with Crippen molar-refractivity contribution in [1.82, 2.24) is 10.1 Å². The third-order valence-electron chi connectivity index (χ3n) is 3.32. The smallest absolute Gasteiger partial charge is 0.261 e. The lowest BCUT2D eigenvalue weighted by Gasteiger charge is -2.11. The Morgan fingerprint density at radius 3 is 2.39 bits per heavy atom. The fraction of sp³-hybridized carbons (Fsp3) is 0.118. The summed E-state index contributed by atoms with van der Waals surface area (Å²) in [5.41, 5.74) is 2.34. The van der Waals surface area contributed by atoms with Crippen LogP contribution in [0, 0.1) is 5.21 Å². The van der Waals surface area contributed by atoms with Gasteiger partial charge in [0.2, 0.25) is 11.9 Å². The maximum absolute atomic E-state index is 12.2. The molecule has 0 saturated heterocycles. The van der Waals surface area contributed by atoms with E-state index in [1.807, 2.05) is 61.5 Å². The third-order valence-corrected chi connectivity index (χ3v) is 3.32. The summed E-state index contributed by atoms with van der Waals surface area (Å²) in [4.78, 5) is 6.17. The average molecular weight is 308 g/mol. The zero-order chi connectivity index (χ0) is 16.2. The van der Waals surface area contributed by atoms with E-state index in [0.29, 0.717) is 11.6 Å². The molecule has 0 amide bonds. The molecular weight excluding hydrogens is 292 g/mol. The van der Waals surface area contributed by atoms with E-state index in [1.165, 1.54) is 6.21 Å². The average Bonchev–Trinajstić information content (AvgIpc) is 3.04. The van der Waals surface area contributed by atoms with Crippen LogP contribution in [0.2, 0.25) is 0 Å². The Hall–Kier alpha value is -3.15. The first kappa shape index (κ1) is 14.8. The number of hydrogen-bond donors (Lipinski definition) is 0. The number of anilines is 1. The van der Waals surface area contributed by atoms with E-state index < -0.39 is 0 Å². The highest BCUT2D eigenvalue weighted by atomic mass is 16.5. The highest BCUT2D eigenvalue weighted by Gasteiger charge is 2.10. The zero-order valence-corrected chi connectivity index (χ0v) is 12.9. The highest BCUT2D eigenvalue weighted by molar-refractivity contribution is 5.72. The second-order valence-corrected chi connectivity index (χ2v) is 5.19. The van der Waals surface area contributed by atoms with Crippen molar-refractivity contribution < 1.29 is 9.26 Å². The fourth-order valence-electron chi connectivity index (χ4n) is 2.06. The molecule has 0 radical (unpaired) electrons. The maximum Gasteiger partial charge on any atom is 0.261 e. The van der Waals surface area contributed by atoms with Crippen molar-refractivity contribution in [2.24, 2.45) is 0 Å². The zero-order valence-electron chi connectivity index (χ0n) is 12.9. The van der Waals surface area contributed by atoms with E-state index in [1.54, 1.807) is 12.1 Å². The van der Waals surface area contributed by atoms with E-state index in [-0.39, 0.29) is 5.82 Å². The lowest BCUT2D eigenvalue weighted by molar-refractivity contribution is -0.354. The van der Waals surface area contributed by atoms with E-state index in [0.717, 1.165) is 16.0 Å². The van der Waals surface area contributed by atoms with Crippen LogP contribution in [0.4, 0.5) is 11.4 Å². The Morgan fingerprint density at radius 1 is 1.04 bits per heavy atom. The van der Waals surface area contributed by atoms with Crippen molar-refractivity contribution in [2.75, 3.05) is 19.0 Å². The fourth-order valence-corrected chi connectivity index (χ4v) is 2.06. The molecule has 0 aliphatic heterocycles. The van der Waals surface area contributed by atoms with Gasteiger partial charge < -0.3 is 14.6 Å². The van der Waals surface area contributed by atoms with Crippen molar-refractivity contribution in [3.63, 3.8) is 0 Å². The summed E-state index contributed by atoms with van der Waals surface area (Å²) in [7, 11) is 3.89. The second-order valence-electron chi connectivity index (χ2n) is 5.19. The van der Waals surface area contributed by atoms with Gasteiger partial charge in [-0.3, -0.25) is 0 Å². The summed E-state index contributed by atoms with van der Waals surface area (Å²) in [6.07, 6.45) is 1.29. The molecule has 3 rings (SSSR count). The maximum atomic E-state index is 12.2. The van der Waals surface area contributed by atoms with Gasteiger partial charge in [-0.15, -0.1) is 0 Å². The summed E-state index contributed by atoms with van der Waals surface area (Å²) < 4.78 is 5.89. The van der Waals surface area contributed by atoms with Crippen molar-refractivity contribution in [2.45, 2.75) is 0 Å². The van der Waals surface area contributed by atoms with Crippen LogP contribution in [0.25, 0.3) is 11.5 Å². The molecule has 0 bridgehead atoms. The normalized spacial score (nSPS) is 11.5. The first-order valence-corrected chi connectivity index (χ1v) is 7.11. The Kier molecular flexibility index (Phi) is 4.05. The molecule has 0 fully saturated rings. The van der Waals surface area contributed by atoms with Gasteiger partial charge in [-0.05, 0) is 24.3 Å². The lowest BCUT2D eigenvalue weighted by atomic mass is 10.2. The molecule has 2 aromatic carbocycles. The van der Waals surface area contributed by atoms with Gasteiger partial charge in [-0.2, -0.15) is 9.72 Å². The largest absolute Gasteiger partial charge is 0.618 e. The molecule has 0 aliphatic rings. The van der Waals surface area contributed by atoms with Crippen LogP contribution in [-0.4, -0.2) is 35.2 Å².